The molecule has 28 heavy (non-hydrogen) atoms. The van der Waals surface area contributed by atoms with Gasteiger partial charge in [0.2, 0.25) is 0 Å². The van der Waals surface area contributed by atoms with E-state index in [1.54, 1.807) is 0 Å². The molecule has 0 aliphatic rings. The molecule has 0 saturated carbocycles. The maximum atomic E-state index is 6.05. The van der Waals surface area contributed by atoms with Crippen molar-refractivity contribution >= 4 is 49.1 Å². The van der Waals surface area contributed by atoms with Gasteiger partial charge in [0.1, 0.15) is 6.61 Å². The highest BCUT2D eigenvalue weighted by Gasteiger charge is 2.13. The maximum Gasteiger partial charge on any atom is 0.175 e. The van der Waals surface area contributed by atoms with Crippen molar-refractivity contribution in [3.8, 4) is 11.5 Å². The highest BCUT2D eigenvalue weighted by Crippen LogP contribution is 2.37. The van der Waals surface area contributed by atoms with Crippen LogP contribution in [0.1, 0.15) is 18.1 Å². The Morgan fingerprint density at radius 1 is 0.929 bits per heavy atom. The van der Waals surface area contributed by atoms with Gasteiger partial charge in [-0.15, -0.1) is 0 Å². The second kappa shape index (κ2) is 10.2. The van der Waals surface area contributed by atoms with Crippen molar-refractivity contribution in [2.75, 3.05) is 11.9 Å². The number of nitrogens with one attached hydrogen (secondary N) is 1. The molecule has 0 aliphatic heterocycles. The van der Waals surface area contributed by atoms with Crippen molar-refractivity contribution in [1.29, 1.82) is 0 Å². The molecule has 3 nitrogen and oxygen atoms in total. The Morgan fingerprint density at radius 3 is 2.43 bits per heavy atom. The molecule has 3 aromatic rings. The molecule has 1 N–H and O–H groups in total. The van der Waals surface area contributed by atoms with Gasteiger partial charge in [0.25, 0.3) is 0 Å². The first kappa shape index (κ1) is 21.0. The van der Waals surface area contributed by atoms with Crippen molar-refractivity contribution < 1.29 is 9.47 Å². The lowest BCUT2D eigenvalue weighted by Gasteiger charge is -2.16. The van der Waals surface area contributed by atoms with E-state index in [0.29, 0.717) is 30.5 Å². The first-order chi connectivity index (χ1) is 13.5. The first-order valence-corrected chi connectivity index (χ1v) is 10.8. The zero-order chi connectivity index (χ0) is 19.9. The van der Waals surface area contributed by atoms with Crippen LogP contribution in [-0.4, -0.2) is 6.61 Å². The molecule has 146 valence electrons. The molecule has 6 heteroatoms. The minimum atomic E-state index is 0.464. The summed E-state index contributed by atoms with van der Waals surface area (Å²) < 4.78 is 13.8. The fraction of sp³-hybridized carbons (Fsp3) is 0.182. The molecular formula is C22H20Br2ClNO2. The van der Waals surface area contributed by atoms with Crippen LogP contribution < -0.4 is 14.8 Å². The van der Waals surface area contributed by atoms with E-state index in [9.17, 15) is 0 Å². The van der Waals surface area contributed by atoms with Gasteiger partial charge in [0, 0.05) is 21.7 Å². The van der Waals surface area contributed by atoms with Gasteiger partial charge >= 0.3 is 0 Å². The number of benzene rings is 3. The lowest BCUT2D eigenvalue weighted by Crippen LogP contribution is -2.04. The van der Waals surface area contributed by atoms with Crippen molar-refractivity contribution in [3.05, 3.63) is 85.8 Å². The smallest absolute Gasteiger partial charge is 0.175 e. The zero-order valence-electron chi connectivity index (χ0n) is 15.3. The Bertz CT molecular complexity index is 932. The van der Waals surface area contributed by atoms with Gasteiger partial charge in [-0.2, -0.15) is 0 Å². The summed E-state index contributed by atoms with van der Waals surface area (Å²) in [4.78, 5) is 0. The molecule has 0 bridgehead atoms. The number of halogens is 3. The van der Waals surface area contributed by atoms with Gasteiger partial charge in [0.05, 0.1) is 11.1 Å². The SMILES string of the molecule is CCOc1cc(CNc2cccc(Cl)c2)cc(Br)c1OCc1ccc(Br)cc1. The van der Waals surface area contributed by atoms with Crippen LogP contribution in [0.15, 0.2) is 69.6 Å². The van der Waals surface area contributed by atoms with Crippen LogP contribution in [0.5, 0.6) is 11.5 Å². The van der Waals surface area contributed by atoms with Crippen LogP contribution >= 0.6 is 43.5 Å². The number of ether oxygens (including phenoxy) is 2. The minimum absolute atomic E-state index is 0.464. The van der Waals surface area contributed by atoms with E-state index in [2.05, 4.69) is 37.2 Å². The molecular weight excluding hydrogens is 506 g/mol. The van der Waals surface area contributed by atoms with Crippen LogP contribution in [0.25, 0.3) is 0 Å². The first-order valence-electron chi connectivity index (χ1n) is 8.87. The van der Waals surface area contributed by atoms with Gasteiger partial charge in [0.15, 0.2) is 11.5 Å². The molecule has 3 aromatic carbocycles. The molecule has 0 aromatic heterocycles. The Hall–Kier alpha value is -1.69. The van der Waals surface area contributed by atoms with Crippen LogP contribution in [0.4, 0.5) is 5.69 Å². The van der Waals surface area contributed by atoms with Crippen molar-refractivity contribution in [3.63, 3.8) is 0 Å². The second-order valence-corrected chi connectivity index (χ2v) is 8.32. The largest absolute Gasteiger partial charge is 0.490 e. The van der Waals surface area contributed by atoms with E-state index in [0.717, 1.165) is 31.5 Å². The standard InChI is InChI=1S/C22H20Br2ClNO2/c1-2-27-21-11-16(13-26-19-5-3-4-18(25)12-19)10-20(24)22(21)28-14-15-6-8-17(23)9-7-15/h3-12,26H,2,13-14H2,1H3. The fourth-order valence-electron chi connectivity index (χ4n) is 2.67. The monoisotopic (exact) mass is 523 g/mol. The number of hydrogen-bond donors (Lipinski definition) is 1. The van der Waals surface area contributed by atoms with Gasteiger partial charge < -0.3 is 14.8 Å². The summed E-state index contributed by atoms with van der Waals surface area (Å²) in [7, 11) is 0. The van der Waals surface area contributed by atoms with Crippen molar-refractivity contribution in [2.45, 2.75) is 20.1 Å². The average Bonchev–Trinajstić information content (AvgIpc) is 2.67. The molecule has 0 spiro atoms. The second-order valence-electron chi connectivity index (χ2n) is 6.12. The number of anilines is 1. The third-order valence-electron chi connectivity index (χ3n) is 3.99. The molecule has 3 rings (SSSR count). The van der Waals surface area contributed by atoms with E-state index in [4.69, 9.17) is 21.1 Å². The minimum Gasteiger partial charge on any atom is -0.490 e. The Kier molecular flexibility index (Phi) is 7.65. The van der Waals surface area contributed by atoms with Crippen molar-refractivity contribution in [2.24, 2.45) is 0 Å². The summed E-state index contributed by atoms with van der Waals surface area (Å²) in [6, 6.07) is 19.8. The van der Waals surface area contributed by atoms with E-state index in [1.807, 2.05) is 67.6 Å². The molecule has 0 heterocycles. The Labute approximate surface area is 187 Å². The predicted octanol–water partition coefficient (Wildman–Crippen LogP) is 7.45. The highest BCUT2D eigenvalue weighted by molar-refractivity contribution is 9.10. The van der Waals surface area contributed by atoms with Crippen LogP contribution in [-0.2, 0) is 13.2 Å². The number of rotatable bonds is 8. The van der Waals surface area contributed by atoms with E-state index >= 15 is 0 Å². The van der Waals surface area contributed by atoms with Gasteiger partial charge in [-0.1, -0.05) is 45.7 Å². The normalized spacial score (nSPS) is 10.6. The number of hydrogen-bond acceptors (Lipinski definition) is 3. The third-order valence-corrected chi connectivity index (χ3v) is 5.34. The molecule has 0 saturated heterocycles. The summed E-state index contributed by atoms with van der Waals surface area (Å²) in [6.07, 6.45) is 0. The molecule has 0 radical (unpaired) electrons. The third kappa shape index (κ3) is 5.90. The molecule has 0 atom stereocenters. The lowest BCUT2D eigenvalue weighted by atomic mass is 10.2. The van der Waals surface area contributed by atoms with E-state index < -0.39 is 0 Å². The molecule has 0 amide bonds. The Morgan fingerprint density at radius 2 is 1.71 bits per heavy atom. The van der Waals surface area contributed by atoms with E-state index in [1.165, 1.54) is 0 Å². The molecule has 0 unspecified atom stereocenters. The molecule has 0 fully saturated rings. The average molecular weight is 526 g/mol. The highest BCUT2D eigenvalue weighted by atomic mass is 79.9. The van der Waals surface area contributed by atoms with E-state index in [-0.39, 0.29) is 0 Å². The lowest BCUT2D eigenvalue weighted by molar-refractivity contribution is 0.267. The predicted molar refractivity (Wildman–Crippen MR) is 123 cm³/mol. The van der Waals surface area contributed by atoms with Crippen LogP contribution in [0.3, 0.4) is 0 Å². The summed E-state index contributed by atoms with van der Waals surface area (Å²) >= 11 is 13.1. The quantitative estimate of drug-likeness (QED) is 0.331. The molecule has 0 aliphatic carbocycles. The maximum absolute atomic E-state index is 6.05. The fourth-order valence-corrected chi connectivity index (χ4v) is 3.72. The van der Waals surface area contributed by atoms with Crippen LogP contribution in [0.2, 0.25) is 5.02 Å². The van der Waals surface area contributed by atoms with Gasteiger partial charge in [-0.3, -0.25) is 0 Å². The van der Waals surface area contributed by atoms with Crippen molar-refractivity contribution in [1.82, 2.24) is 0 Å². The summed E-state index contributed by atoms with van der Waals surface area (Å²) in [5, 5.41) is 4.08. The summed E-state index contributed by atoms with van der Waals surface area (Å²) in [5.74, 6) is 1.42. The van der Waals surface area contributed by atoms with Crippen LogP contribution in [0, 0.1) is 0 Å². The summed E-state index contributed by atoms with van der Waals surface area (Å²) in [6.45, 7) is 3.63. The zero-order valence-corrected chi connectivity index (χ0v) is 19.3. The van der Waals surface area contributed by atoms with Gasteiger partial charge in [-0.25, -0.2) is 0 Å². The Balaban J connectivity index is 1.74. The summed E-state index contributed by atoms with van der Waals surface area (Å²) in [5.41, 5.74) is 3.13. The topological polar surface area (TPSA) is 30.5 Å². The van der Waals surface area contributed by atoms with Gasteiger partial charge in [-0.05, 0) is 76.4 Å².